The van der Waals surface area contributed by atoms with Gasteiger partial charge in [0.1, 0.15) is 0 Å². The fraction of sp³-hybridized carbons (Fsp3) is 0.857. The van der Waals surface area contributed by atoms with Crippen LogP contribution < -0.4 is 0 Å². The second-order valence-corrected chi connectivity index (χ2v) is 8.90. The summed E-state index contributed by atoms with van der Waals surface area (Å²) in [5.41, 5.74) is 1.07. The Hall–Kier alpha value is 0.160. The van der Waals surface area contributed by atoms with E-state index in [1.165, 1.54) is 10.8 Å². The van der Waals surface area contributed by atoms with Crippen LogP contribution in [0.25, 0.3) is 0 Å². The molecule has 0 aromatic rings. The maximum absolute atomic E-state index is 8.64. The van der Waals surface area contributed by atoms with Crippen LogP contribution in [-0.4, -0.2) is 36.0 Å². The summed E-state index contributed by atoms with van der Waals surface area (Å²) in [5, 5.41) is 12.0. The van der Waals surface area contributed by atoms with Crippen molar-refractivity contribution in [1.82, 2.24) is 3.11 Å². The second-order valence-electron chi connectivity index (χ2n) is 3.09. The van der Waals surface area contributed by atoms with Crippen LogP contribution in [0.1, 0.15) is 12.8 Å². The Kier molecular flexibility index (Phi) is 2.05. The third-order valence-electron chi connectivity index (χ3n) is 2.46. The molecule has 1 atom stereocenters. The molecule has 4 heteroatoms. The van der Waals surface area contributed by atoms with E-state index in [0.717, 1.165) is 22.6 Å². The van der Waals surface area contributed by atoms with Crippen LogP contribution in [0.3, 0.4) is 0 Å². The molecule has 0 spiro atoms. The van der Waals surface area contributed by atoms with Crippen LogP contribution in [0, 0.1) is 0 Å². The molecule has 2 bridgehead atoms. The molecule has 0 radical (unpaired) electrons. The van der Waals surface area contributed by atoms with Gasteiger partial charge in [0.15, 0.2) is 0 Å². The first-order valence-corrected chi connectivity index (χ1v) is 7.87. The molecule has 11 heavy (non-hydrogen) atoms. The molecule has 0 aromatic heterocycles. The summed E-state index contributed by atoms with van der Waals surface area (Å²) in [6.45, 7) is 0. The van der Waals surface area contributed by atoms with E-state index in [-0.39, 0.29) is 0 Å². The fourth-order valence-electron chi connectivity index (χ4n) is 1.72. The summed E-state index contributed by atoms with van der Waals surface area (Å²) in [5.74, 6) is 0. The zero-order valence-corrected chi connectivity index (χ0v) is 8.78. The van der Waals surface area contributed by atoms with Crippen molar-refractivity contribution < 1.29 is 5.21 Å². The SMILES string of the molecule is CN1C2CCI1C/C(=N\O)C2. The third-order valence-corrected chi connectivity index (χ3v) is 9.03. The quantitative estimate of drug-likeness (QED) is 0.237. The van der Waals surface area contributed by atoms with E-state index >= 15 is 0 Å². The predicted molar refractivity (Wildman–Crippen MR) is 53.8 cm³/mol. The minimum absolute atomic E-state index is 0.722. The van der Waals surface area contributed by atoms with Crippen LogP contribution in [0.4, 0.5) is 0 Å². The molecule has 0 aromatic carbocycles. The zero-order chi connectivity index (χ0) is 7.84. The Balaban J connectivity index is 2.14. The van der Waals surface area contributed by atoms with Crippen LogP contribution in [0.2, 0.25) is 0 Å². The van der Waals surface area contributed by atoms with Crippen LogP contribution in [0.5, 0.6) is 0 Å². The number of hydrogen-bond donors (Lipinski definition) is 1. The van der Waals surface area contributed by atoms with Gasteiger partial charge in [0.05, 0.1) is 0 Å². The Morgan fingerprint density at radius 2 is 2.55 bits per heavy atom. The second kappa shape index (κ2) is 2.90. The molecule has 0 aliphatic carbocycles. The van der Waals surface area contributed by atoms with Gasteiger partial charge in [0, 0.05) is 0 Å². The van der Waals surface area contributed by atoms with Crippen LogP contribution in [-0.2, 0) is 0 Å². The maximum atomic E-state index is 8.64. The number of nitrogens with zero attached hydrogens (tertiary/aromatic N) is 2. The van der Waals surface area contributed by atoms with Crippen molar-refractivity contribution in [2.75, 3.05) is 15.9 Å². The standard InChI is InChI=1S/C7H13IN2O/c1-10-7-2-3-8(10)5-6(4-7)9-11/h7,11H,2-5H2,1H3/b9-6-. The van der Waals surface area contributed by atoms with Crippen molar-refractivity contribution in [2.24, 2.45) is 5.16 Å². The van der Waals surface area contributed by atoms with E-state index < -0.39 is 20.1 Å². The Morgan fingerprint density at radius 1 is 1.73 bits per heavy atom. The van der Waals surface area contributed by atoms with Crippen molar-refractivity contribution in [2.45, 2.75) is 18.9 Å². The van der Waals surface area contributed by atoms with E-state index in [1.54, 1.807) is 0 Å². The van der Waals surface area contributed by atoms with Gasteiger partial charge < -0.3 is 0 Å². The van der Waals surface area contributed by atoms with Gasteiger partial charge in [-0.05, 0) is 0 Å². The van der Waals surface area contributed by atoms with E-state index in [4.69, 9.17) is 5.21 Å². The Bertz CT molecular complexity index is 179. The molecule has 2 aliphatic heterocycles. The van der Waals surface area contributed by atoms with Crippen molar-refractivity contribution >= 4 is 25.8 Å². The van der Waals surface area contributed by atoms with Gasteiger partial charge in [-0.2, -0.15) is 0 Å². The number of halogens is 1. The molecule has 2 heterocycles. The molecule has 2 saturated heterocycles. The van der Waals surface area contributed by atoms with Gasteiger partial charge in [-0.25, -0.2) is 0 Å². The molecule has 0 saturated carbocycles. The molecule has 2 aliphatic rings. The molecule has 2 rings (SSSR count). The molecular weight excluding hydrogens is 255 g/mol. The van der Waals surface area contributed by atoms with Crippen molar-refractivity contribution in [1.29, 1.82) is 0 Å². The first-order valence-electron chi connectivity index (χ1n) is 3.86. The van der Waals surface area contributed by atoms with Crippen molar-refractivity contribution in [3.05, 3.63) is 0 Å². The summed E-state index contributed by atoms with van der Waals surface area (Å²) in [6.07, 6.45) is 2.36. The third kappa shape index (κ3) is 1.26. The first kappa shape index (κ1) is 7.79. The summed E-state index contributed by atoms with van der Waals surface area (Å²) in [7, 11) is 2.25. The van der Waals surface area contributed by atoms with Crippen LogP contribution >= 0.6 is 20.1 Å². The summed E-state index contributed by atoms with van der Waals surface area (Å²) in [4.78, 5) is 0. The minimum atomic E-state index is -0.826. The molecule has 2 fully saturated rings. The fourth-order valence-corrected chi connectivity index (χ4v) is 7.91. The molecule has 0 amide bonds. The summed E-state index contributed by atoms with van der Waals surface area (Å²) < 4.78 is 5.15. The number of rotatable bonds is 0. The van der Waals surface area contributed by atoms with Crippen molar-refractivity contribution in [3.63, 3.8) is 0 Å². The van der Waals surface area contributed by atoms with E-state index in [9.17, 15) is 0 Å². The molecular formula is C7H13IN2O. The van der Waals surface area contributed by atoms with Gasteiger partial charge in [0.25, 0.3) is 0 Å². The average molecular weight is 268 g/mol. The molecule has 3 nitrogen and oxygen atoms in total. The Morgan fingerprint density at radius 3 is 3.18 bits per heavy atom. The van der Waals surface area contributed by atoms with E-state index in [0.29, 0.717) is 0 Å². The average Bonchev–Trinajstić information content (AvgIpc) is 2.26. The predicted octanol–water partition coefficient (Wildman–Crippen LogP) is 1.35. The van der Waals surface area contributed by atoms with E-state index in [1.807, 2.05) is 0 Å². The van der Waals surface area contributed by atoms with Gasteiger partial charge in [-0.3, -0.25) is 0 Å². The first-order chi connectivity index (χ1) is 5.31. The van der Waals surface area contributed by atoms with Crippen LogP contribution in [0.15, 0.2) is 5.16 Å². The molecule has 1 N–H and O–H groups in total. The summed E-state index contributed by atoms with van der Waals surface area (Å²) >= 11 is -0.826. The van der Waals surface area contributed by atoms with Gasteiger partial charge in [-0.1, -0.05) is 0 Å². The zero-order valence-electron chi connectivity index (χ0n) is 6.63. The van der Waals surface area contributed by atoms with Crippen molar-refractivity contribution in [3.8, 4) is 0 Å². The summed E-state index contributed by atoms with van der Waals surface area (Å²) in [6, 6.07) is 0.722. The van der Waals surface area contributed by atoms with Gasteiger partial charge >= 0.3 is 74.1 Å². The van der Waals surface area contributed by atoms with Gasteiger partial charge in [0.2, 0.25) is 0 Å². The monoisotopic (exact) mass is 268 g/mol. The van der Waals surface area contributed by atoms with E-state index in [2.05, 4.69) is 15.3 Å². The molecule has 64 valence electrons. The number of alkyl halides is 2. The normalized spacial score (nSPS) is 38.5. The molecule has 1 unspecified atom stereocenters. The topological polar surface area (TPSA) is 35.8 Å². The number of oxime groups is 1. The Labute approximate surface area is 74.2 Å². The number of fused-ring (bicyclic) bond motifs is 2. The van der Waals surface area contributed by atoms with Gasteiger partial charge in [-0.15, -0.1) is 0 Å². The number of hydrogen-bond acceptors (Lipinski definition) is 3.